The summed E-state index contributed by atoms with van der Waals surface area (Å²) in [4.78, 5) is 10.7. The molecule has 4 heterocycles. The number of benzene rings is 8. The van der Waals surface area contributed by atoms with Gasteiger partial charge < -0.3 is 9.30 Å². The molecule has 236 valence electrons. The number of hydrogen-bond donors (Lipinski definition) is 0. The first-order chi connectivity index (χ1) is 25.3. The molecule has 0 saturated carbocycles. The van der Waals surface area contributed by atoms with E-state index in [9.17, 15) is 0 Å². The maximum Gasteiger partial charge on any atom is 0.235 e. The van der Waals surface area contributed by atoms with Crippen LogP contribution in [0, 0.1) is 0 Å². The zero-order valence-electron chi connectivity index (χ0n) is 27.2. The SMILES string of the molecule is c1ccc(-n2c3ccc4ccccc4c3c3ccc4c(c5ccc6ccccc6c5n4-c4nc5c6c(cccc6n4)Oc4ccccc4-5)c32)cc1. The molecule has 51 heavy (non-hydrogen) atoms. The van der Waals surface area contributed by atoms with E-state index in [0.29, 0.717) is 5.95 Å². The van der Waals surface area contributed by atoms with E-state index in [4.69, 9.17) is 14.7 Å². The third-order valence-corrected chi connectivity index (χ3v) is 10.7. The van der Waals surface area contributed by atoms with Gasteiger partial charge in [-0.3, -0.25) is 4.57 Å². The Labute approximate surface area is 291 Å². The maximum absolute atomic E-state index is 6.35. The highest BCUT2D eigenvalue weighted by atomic mass is 16.5. The van der Waals surface area contributed by atoms with Crippen LogP contribution in [0.25, 0.3) is 99.0 Å². The van der Waals surface area contributed by atoms with Crippen molar-refractivity contribution in [2.45, 2.75) is 0 Å². The van der Waals surface area contributed by atoms with Gasteiger partial charge in [-0.2, -0.15) is 0 Å². The lowest BCUT2D eigenvalue weighted by atomic mass is 10.0. The number of ether oxygens (including phenoxy) is 1. The minimum atomic E-state index is 0.634. The molecular formula is C46H26N4O. The van der Waals surface area contributed by atoms with Crippen molar-refractivity contribution in [2.24, 2.45) is 0 Å². The molecule has 0 fully saturated rings. The second-order valence-corrected chi connectivity index (χ2v) is 13.3. The zero-order valence-corrected chi connectivity index (χ0v) is 27.2. The summed E-state index contributed by atoms with van der Waals surface area (Å²) < 4.78 is 11.1. The summed E-state index contributed by atoms with van der Waals surface area (Å²) in [6.45, 7) is 0. The van der Waals surface area contributed by atoms with Gasteiger partial charge in [0.05, 0.1) is 38.7 Å². The quantitative estimate of drug-likeness (QED) is 0.187. The normalized spacial score (nSPS) is 12.5. The van der Waals surface area contributed by atoms with Gasteiger partial charge in [-0.1, -0.05) is 109 Å². The summed E-state index contributed by atoms with van der Waals surface area (Å²) in [6, 6.07) is 55.9. The van der Waals surface area contributed by atoms with E-state index in [1.165, 1.54) is 43.4 Å². The lowest BCUT2D eigenvalue weighted by Gasteiger charge is -2.21. The first-order valence-electron chi connectivity index (χ1n) is 17.3. The fraction of sp³-hybridized carbons (Fsp3) is 0. The zero-order chi connectivity index (χ0) is 33.2. The summed E-state index contributed by atoms with van der Waals surface area (Å²) in [5, 5.41) is 10.5. The maximum atomic E-state index is 6.35. The lowest BCUT2D eigenvalue weighted by Crippen LogP contribution is -2.06. The topological polar surface area (TPSA) is 44.9 Å². The van der Waals surface area contributed by atoms with Crippen molar-refractivity contribution in [1.82, 2.24) is 19.1 Å². The molecular weight excluding hydrogens is 625 g/mol. The Bertz CT molecular complexity index is 3280. The molecule has 12 rings (SSSR count). The van der Waals surface area contributed by atoms with Crippen LogP contribution in [0.15, 0.2) is 158 Å². The summed E-state index contributed by atoms with van der Waals surface area (Å²) >= 11 is 0. The van der Waals surface area contributed by atoms with Crippen LogP contribution in [0.4, 0.5) is 0 Å². The van der Waals surface area contributed by atoms with Gasteiger partial charge >= 0.3 is 0 Å². The highest BCUT2D eigenvalue weighted by Gasteiger charge is 2.27. The predicted molar refractivity (Wildman–Crippen MR) is 209 cm³/mol. The highest BCUT2D eigenvalue weighted by Crippen LogP contribution is 2.48. The molecule has 0 N–H and O–H groups in total. The van der Waals surface area contributed by atoms with Crippen LogP contribution in [-0.2, 0) is 0 Å². The summed E-state index contributed by atoms with van der Waals surface area (Å²) in [5.74, 6) is 2.22. The van der Waals surface area contributed by atoms with Gasteiger partial charge in [-0.15, -0.1) is 0 Å². The van der Waals surface area contributed by atoms with E-state index in [1.807, 2.05) is 30.3 Å². The standard InChI is InChI=1S/C46H26N4O/c1-2-13-29(14-3-1)49-36-25-22-27-11-4-6-15-30(27)40(36)33-24-26-37-41(45(33)49)34-23-21-28-12-5-7-16-31(28)44(34)50(37)46-47-35-18-10-20-39-42(35)43(48-46)32-17-8-9-19-38(32)51-39/h1-26H. The van der Waals surface area contributed by atoms with Crippen LogP contribution < -0.4 is 4.74 Å². The summed E-state index contributed by atoms with van der Waals surface area (Å²) in [7, 11) is 0. The number of fused-ring (bicyclic) bond motifs is 13. The van der Waals surface area contributed by atoms with Crippen LogP contribution in [-0.4, -0.2) is 19.1 Å². The number of rotatable bonds is 2. The molecule has 5 heteroatoms. The molecule has 1 aliphatic rings. The predicted octanol–water partition coefficient (Wildman–Crippen LogP) is 11.9. The van der Waals surface area contributed by atoms with Gasteiger partial charge in [0.15, 0.2) is 0 Å². The highest BCUT2D eigenvalue weighted by molar-refractivity contribution is 6.32. The summed E-state index contributed by atoms with van der Waals surface area (Å²) in [5.41, 5.74) is 8.32. The van der Waals surface area contributed by atoms with Crippen molar-refractivity contribution in [1.29, 1.82) is 0 Å². The Morgan fingerprint density at radius 2 is 1.08 bits per heavy atom. The Hall–Kier alpha value is -6.98. The number of aromatic nitrogens is 4. The molecule has 5 nitrogen and oxygen atoms in total. The van der Waals surface area contributed by atoms with E-state index in [1.54, 1.807) is 0 Å². The average Bonchev–Trinajstić information content (AvgIpc) is 3.72. The van der Waals surface area contributed by atoms with E-state index in [2.05, 4.69) is 137 Å². The molecule has 3 aromatic heterocycles. The van der Waals surface area contributed by atoms with E-state index in [-0.39, 0.29) is 0 Å². The minimum Gasteiger partial charge on any atom is -0.456 e. The molecule has 0 bridgehead atoms. The Morgan fingerprint density at radius 3 is 1.98 bits per heavy atom. The van der Waals surface area contributed by atoms with Crippen LogP contribution in [0.5, 0.6) is 11.5 Å². The molecule has 0 aliphatic carbocycles. The van der Waals surface area contributed by atoms with Crippen LogP contribution in [0.1, 0.15) is 0 Å². The van der Waals surface area contributed by atoms with Crippen LogP contribution >= 0.6 is 0 Å². The van der Waals surface area contributed by atoms with Crippen molar-refractivity contribution in [3.63, 3.8) is 0 Å². The van der Waals surface area contributed by atoms with Crippen LogP contribution in [0.2, 0.25) is 0 Å². The van der Waals surface area contributed by atoms with Crippen LogP contribution in [0.3, 0.4) is 0 Å². The fourth-order valence-electron chi connectivity index (χ4n) is 8.58. The van der Waals surface area contributed by atoms with Gasteiger partial charge in [0.1, 0.15) is 11.5 Å². The molecule has 8 aromatic carbocycles. The lowest BCUT2D eigenvalue weighted by molar-refractivity contribution is 0.486. The Morgan fingerprint density at radius 1 is 0.412 bits per heavy atom. The Kier molecular flexibility index (Phi) is 5.17. The number of hydrogen-bond acceptors (Lipinski definition) is 3. The van der Waals surface area contributed by atoms with Gasteiger partial charge in [0.25, 0.3) is 0 Å². The van der Waals surface area contributed by atoms with Gasteiger partial charge in [-0.05, 0) is 64.7 Å². The van der Waals surface area contributed by atoms with Gasteiger partial charge in [0, 0.05) is 38.2 Å². The van der Waals surface area contributed by atoms with Gasteiger partial charge in [0.2, 0.25) is 5.95 Å². The fourth-order valence-corrected chi connectivity index (χ4v) is 8.58. The monoisotopic (exact) mass is 650 g/mol. The number of nitrogens with zero attached hydrogens (tertiary/aromatic N) is 4. The molecule has 0 unspecified atom stereocenters. The van der Waals surface area contributed by atoms with E-state index >= 15 is 0 Å². The number of para-hydroxylation sites is 2. The third kappa shape index (κ3) is 3.54. The second kappa shape index (κ2) is 9.80. The molecule has 0 atom stereocenters. The largest absolute Gasteiger partial charge is 0.456 e. The van der Waals surface area contributed by atoms with E-state index in [0.717, 1.165) is 61.2 Å². The Balaban J connectivity index is 1.31. The molecule has 0 saturated heterocycles. The van der Waals surface area contributed by atoms with E-state index < -0.39 is 0 Å². The first-order valence-corrected chi connectivity index (χ1v) is 17.3. The van der Waals surface area contributed by atoms with Gasteiger partial charge in [-0.25, -0.2) is 9.97 Å². The first kappa shape index (κ1) is 26.9. The smallest absolute Gasteiger partial charge is 0.235 e. The molecule has 1 aliphatic heterocycles. The third-order valence-electron chi connectivity index (χ3n) is 10.7. The van der Waals surface area contributed by atoms with Crippen molar-refractivity contribution >= 4 is 76.1 Å². The minimum absolute atomic E-state index is 0.634. The van der Waals surface area contributed by atoms with Crippen molar-refractivity contribution in [3.05, 3.63) is 158 Å². The van der Waals surface area contributed by atoms with Crippen molar-refractivity contribution in [2.75, 3.05) is 0 Å². The molecule has 11 aromatic rings. The van der Waals surface area contributed by atoms with Crippen molar-refractivity contribution in [3.8, 4) is 34.4 Å². The molecule has 0 spiro atoms. The average molecular weight is 651 g/mol. The van der Waals surface area contributed by atoms with Crippen molar-refractivity contribution < 1.29 is 4.74 Å². The molecule has 0 amide bonds. The molecule has 0 radical (unpaired) electrons. The summed E-state index contributed by atoms with van der Waals surface area (Å²) in [6.07, 6.45) is 0. The second-order valence-electron chi connectivity index (χ2n) is 13.3.